The van der Waals surface area contributed by atoms with Crippen LogP contribution in [0.5, 0.6) is 0 Å². The predicted octanol–water partition coefficient (Wildman–Crippen LogP) is 3.80. The highest BCUT2D eigenvalue weighted by atomic mass is 35.5. The number of para-hydroxylation sites is 1. The summed E-state index contributed by atoms with van der Waals surface area (Å²) in [5, 5.41) is 11.0. The average Bonchev–Trinajstić information content (AvgIpc) is 2.40. The van der Waals surface area contributed by atoms with E-state index < -0.39 is 4.92 Å². The van der Waals surface area contributed by atoms with E-state index in [1.807, 2.05) is 42.2 Å². The smallest absolute Gasteiger partial charge is 0.276 e. The molecule has 0 bridgehead atoms. The van der Waals surface area contributed by atoms with Crippen LogP contribution < -0.4 is 4.90 Å². The second kappa shape index (κ2) is 5.67. The van der Waals surface area contributed by atoms with Crippen LogP contribution in [0.3, 0.4) is 0 Å². The van der Waals surface area contributed by atoms with E-state index in [-0.39, 0.29) is 10.8 Å². The Bertz CT molecular complexity index is 590. The molecule has 0 aliphatic heterocycles. The maximum absolute atomic E-state index is 10.9. The Kier molecular flexibility index (Phi) is 3.97. The first-order valence-electron chi connectivity index (χ1n) is 5.76. The summed E-state index contributed by atoms with van der Waals surface area (Å²) in [5.41, 5.74) is 0.846. The number of halogens is 1. The quantitative estimate of drug-likeness (QED) is 0.484. The third kappa shape index (κ3) is 3.00. The summed E-state index contributed by atoms with van der Waals surface area (Å²) in [5.74, 6) is 0.466. The van der Waals surface area contributed by atoms with E-state index in [0.29, 0.717) is 12.4 Å². The second-order valence-electron chi connectivity index (χ2n) is 3.84. The molecule has 1 aromatic heterocycles. The largest absolute Gasteiger partial charge is 0.326 e. The van der Waals surface area contributed by atoms with Crippen LogP contribution in [0.2, 0.25) is 5.15 Å². The molecule has 0 radical (unpaired) electrons. The average molecular weight is 278 g/mol. The van der Waals surface area contributed by atoms with Gasteiger partial charge in [0, 0.05) is 12.2 Å². The van der Waals surface area contributed by atoms with Gasteiger partial charge in [-0.1, -0.05) is 29.8 Å². The first kappa shape index (κ1) is 13.3. The summed E-state index contributed by atoms with van der Waals surface area (Å²) in [6.07, 6.45) is 0. The zero-order valence-corrected chi connectivity index (χ0v) is 11.0. The van der Waals surface area contributed by atoms with Gasteiger partial charge in [-0.25, -0.2) is 4.98 Å². The van der Waals surface area contributed by atoms with Crippen LogP contribution >= 0.6 is 11.6 Å². The van der Waals surface area contributed by atoms with E-state index in [9.17, 15) is 10.1 Å². The SMILES string of the molecule is CCN(c1ccccc1)c1cc([N+](=O)[O-])cc(Cl)n1. The lowest BCUT2D eigenvalue weighted by Gasteiger charge is -2.21. The Labute approximate surface area is 115 Å². The van der Waals surface area contributed by atoms with Crippen LogP contribution in [0.1, 0.15) is 6.92 Å². The molecule has 1 heterocycles. The number of hydrogen-bond donors (Lipinski definition) is 0. The van der Waals surface area contributed by atoms with Gasteiger partial charge >= 0.3 is 0 Å². The predicted molar refractivity (Wildman–Crippen MR) is 75.0 cm³/mol. The number of hydrogen-bond acceptors (Lipinski definition) is 4. The van der Waals surface area contributed by atoms with Gasteiger partial charge in [0.2, 0.25) is 0 Å². The van der Waals surface area contributed by atoms with E-state index in [4.69, 9.17) is 11.6 Å². The lowest BCUT2D eigenvalue weighted by molar-refractivity contribution is -0.384. The van der Waals surface area contributed by atoms with Gasteiger partial charge < -0.3 is 4.90 Å². The minimum atomic E-state index is -0.476. The molecule has 0 aliphatic carbocycles. The molecule has 6 heteroatoms. The second-order valence-corrected chi connectivity index (χ2v) is 4.23. The van der Waals surface area contributed by atoms with Crippen molar-refractivity contribution in [1.29, 1.82) is 0 Å². The number of nitrogens with zero attached hydrogens (tertiary/aromatic N) is 3. The molecule has 0 saturated heterocycles. The van der Waals surface area contributed by atoms with Crippen LogP contribution in [0, 0.1) is 10.1 Å². The molecule has 19 heavy (non-hydrogen) atoms. The van der Waals surface area contributed by atoms with Gasteiger partial charge in [-0.05, 0) is 19.1 Å². The molecule has 0 N–H and O–H groups in total. The molecule has 2 aromatic rings. The monoisotopic (exact) mass is 277 g/mol. The normalized spacial score (nSPS) is 10.2. The standard InChI is InChI=1S/C13H12ClN3O2/c1-2-16(10-6-4-3-5-7-10)13-9-11(17(18)19)8-12(14)15-13/h3-9H,2H2,1H3. The number of aromatic nitrogens is 1. The topological polar surface area (TPSA) is 59.3 Å². The van der Waals surface area contributed by atoms with Gasteiger partial charge in [-0.2, -0.15) is 0 Å². The molecule has 0 spiro atoms. The maximum Gasteiger partial charge on any atom is 0.276 e. The lowest BCUT2D eigenvalue weighted by atomic mass is 10.2. The van der Waals surface area contributed by atoms with Crippen molar-refractivity contribution >= 4 is 28.8 Å². The molecule has 0 fully saturated rings. The summed E-state index contributed by atoms with van der Waals surface area (Å²) >= 11 is 5.84. The highest BCUT2D eigenvalue weighted by molar-refractivity contribution is 6.29. The number of nitro groups is 1. The third-order valence-corrected chi connectivity index (χ3v) is 2.83. The molecule has 0 atom stereocenters. The van der Waals surface area contributed by atoms with Crippen LogP contribution in [0.25, 0.3) is 0 Å². The molecular formula is C13H12ClN3O2. The summed E-state index contributed by atoms with van der Waals surface area (Å²) in [7, 11) is 0. The van der Waals surface area contributed by atoms with Crippen molar-refractivity contribution in [1.82, 2.24) is 4.98 Å². The number of pyridine rings is 1. The number of rotatable bonds is 4. The van der Waals surface area contributed by atoms with Crippen molar-refractivity contribution in [3.05, 3.63) is 57.7 Å². The molecule has 0 amide bonds. The number of benzene rings is 1. The zero-order chi connectivity index (χ0) is 13.8. The van der Waals surface area contributed by atoms with Crippen molar-refractivity contribution in [2.75, 3.05) is 11.4 Å². The van der Waals surface area contributed by atoms with E-state index in [1.54, 1.807) is 0 Å². The molecule has 0 aliphatic rings. The molecule has 0 unspecified atom stereocenters. The van der Waals surface area contributed by atoms with Crippen LogP contribution in [0.15, 0.2) is 42.5 Å². The highest BCUT2D eigenvalue weighted by Gasteiger charge is 2.15. The van der Waals surface area contributed by atoms with Gasteiger partial charge in [-0.3, -0.25) is 10.1 Å². The molecule has 5 nitrogen and oxygen atoms in total. The molecule has 2 rings (SSSR count). The van der Waals surface area contributed by atoms with Gasteiger partial charge in [0.25, 0.3) is 5.69 Å². The zero-order valence-electron chi connectivity index (χ0n) is 10.3. The van der Waals surface area contributed by atoms with Crippen LogP contribution in [-0.2, 0) is 0 Å². The number of anilines is 2. The fourth-order valence-electron chi connectivity index (χ4n) is 1.80. The summed E-state index contributed by atoms with van der Waals surface area (Å²) in [6, 6.07) is 12.2. The molecule has 1 aromatic carbocycles. The van der Waals surface area contributed by atoms with E-state index in [0.717, 1.165) is 5.69 Å². The Morgan fingerprint density at radius 1 is 1.32 bits per heavy atom. The molecular weight excluding hydrogens is 266 g/mol. The summed E-state index contributed by atoms with van der Waals surface area (Å²) in [4.78, 5) is 16.4. The Balaban J connectivity index is 2.47. The van der Waals surface area contributed by atoms with Gasteiger partial charge in [-0.15, -0.1) is 0 Å². The first-order valence-corrected chi connectivity index (χ1v) is 6.14. The van der Waals surface area contributed by atoms with Gasteiger partial charge in [0.15, 0.2) is 0 Å². The fraction of sp³-hybridized carbons (Fsp3) is 0.154. The molecule has 98 valence electrons. The highest BCUT2D eigenvalue weighted by Crippen LogP contribution is 2.28. The Hall–Kier alpha value is -2.14. The van der Waals surface area contributed by atoms with Gasteiger partial charge in [0.1, 0.15) is 11.0 Å². The first-order chi connectivity index (χ1) is 9.11. The third-order valence-electron chi connectivity index (χ3n) is 2.64. The van der Waals surface area contributed by atoms with E-state index in [1.165, 1.54) is 12.1 Å². The van der Waals surface area contributed by atoms with Gasteiger partial charge in [0.05, 0.1) is 17.1 Å². The summed E-state index contributed by atoms with van der Waals surface area (Å²) < 4.78 is 0. The summed E-state index contributed by atoms with van der Waals surface area (Å²) in [6.45, 7) is 2.58. The van der Waals surface area contributed by atoms with Crippen molar-refractivity contribution in [2.24, 2.45) is 0 Å². The molecule has 0 saturated carbocycles. The van der Waals surface area contributed by atoms with Crippen molar-refractivity contribution in [3.63, 3.8) is 0 Å². The van der Waals surface area contributed by atoms with E-state index >= 15 is 0 Å². The minimum Gasteiger partial charge on any atom is -0.326 e. The van der Waals surface area contributed by atoms with Crippen LogP contribution in [0.4, 0.5) is 17.2 Å². The lowest BCUT2D eigenvalue weighted by Crippen LogP contribution is -2.17. The van der Waals surface area contributed by atoms with Crippen molar-refractivity contribution in [3.8, 4) is 0 Å². The minimum absolute atomic E-state index is 0.0654. The maximum atomic E-state index is 10.9. The van der Waals surface area contributed by atoms with Crippen molar-refractivity contribution < 1.29 is 4.92 Å². The van der Waals surface area contributed by atoms with E-state index in [2.05, 4.69) is 4.98 Å². The Morgan fingerprint density at radius 3 is 2.58 bits per heavy atom. The Morgan fingerprint density at radius 2 is 2.00 bits per heavy atom. The van der Waals surface area contributed by atoms with Crippen molar-refractivity contribution in [2.45, 2.75) is 6.92 Å². The fourth-order valence-corrected chi connectivity index (χ4v) is 2.00. The van der Waals surface area contributed by atoms with Crippen LogP contribution in [-0.4, -0.2) is 16.5 Å².